The number of nitrogens with one attached hydrogen (secondary N) is 1. The zero-order chi connectivity index (χ0) is 20.0. The molecule has 7 nitrogen and oxygen atoms in total. The van der Waals surface area contributed by atoms with E-state index in [0.29, 0.717) is 10.2 Å². The summed E-state index contributed by atoms with van der Waals surface area (Å²) in [6, 6.07) is 4.16. The van der Waals surface area contributed by atoms with Gasteiger partial charge in [-0.3, -0.25) is 9.48 Å². The van der Waals surface area contributed by atoms with E-state index >= 15 is 0 Å². The Hall–Kier alpha value is -2.47. The van der Waals surface area contributed by atoms with Crippen LogP contribution in [0.2, 0.25) is 0 Å². The molecule has 1 aromatic carbocycles. The maximum atomic E-state index is 12.6. The van der Waals surface area contributed by atoms with Gasteiger partial charge in [-0.15, -0.1) is 0 Å². The molecule has 1 N–H and O–H groups in total. The summed E-state index contributed by atoms with van der Waals surface area (Å²) in [4.78, 5) is 16.6. The second-order valence-electron chi connectivity index (χ2n) is 5.76. The SMILES string of the molecule is CC(C(=O)Nc1nc2ccc(S(C)(=O)=O)cc2s1)n1ccc(C(F)(F)F)n1. The maximum absolute atomic E-state index is 12.6. The number of carbonyl (C=O) groups excluding carboxylic acids is 1. The van der Waals surface area contributed by atoms with E-state index in [-0.39, 0.29) is 10.0 Å². The lowest BCUT2D eigenvalue weighted by molar-refractivity contribution is -0.141. The second kappa shape index (κ2) is 6.60. The molecule has 2 heterocycles. The molecule has 2 aromatic heterocycles. The molecule has 3 rings (SSSR count). The summed E-state index contributed by atoms with van der Waals surface area (Å²) in [5.41, 5.74) is -0.593. The number of halogens is 3. The summed E-state index contributed by atoms with van der Waals surface area (Å²) in [5.74, 6) is -0.603. The molecule has 144 valence electrons. The average molecular weight is 418 g/mol. The topological polar surface area (TPSA) is 94.0 Å². The molecule has 0 saturated carbocycles. The van der Waals surface area contributed by atoms with Gasteiger partial charge in [0.15, 0.2) is 20.7 Å². The molecule has 3 aromatic rings. The third-order valence-electron chi connectivity index (χ3n) is 3.69. The molecule has 0 aliphatic carbocycles. The molecular formula is C15H13F3N4O3S2. The number of hydrogen-bond donors (Lipinski definition) is 1. The molecule has 0 radical (unpaired) electrons. The van der Waals surface area contributed by atoms with Gasteiger partial charge in [-0.2, -0.15) is 18.3 Å². The number of anilines is 1. The summed E-state index contributed by atoms with van der Waals surface area (Å²) in [6.07, 6.45) is -2.44. The van der Waals surface area contributed by atoms with Crippen LogP contribution in [-0.4, -0.2) is 35.3 Å². The van der Waals surface area contributed by atoms with Crippen molar-refractivity contribution in [3.8, 4) is 0 Å². The van der Waals surface area contributed by atoms with E-state index in [2.05, 4.69) is 15.4 Å². The van der Waals surface area contributed by atoms with Crippen LogP contribution in [-0.2, 0) is 20.8 Å². The van der Waals surface area contributed by atoms with Crippen molar-refractivity contribution in [1.29, 1.82) is 0 Å². The number of amides is 1. The van der Waals surface area contributed by atoms with Crippen molar-refractivity contribution in [1.82, 2.24) is 14.8 Å². The number of rotatable bonds is 4. The van der Waals surface area contributed by atoms with E-state index in [1.165, 1.54) is 25.1 Å². The van der Waals surface area contributed by atoms with Gasteiger partial charge in [0.2, 0.25) is 0 Å². The Labute approximate surface area is 155 Å². The van der Waals surface area contributed by atoms with E-state index in [9.17, 15) is 26.4 Å². The minimum atomic E-state index is -4.59. The first-order valence-corrected chi connectivity index (χ1v) is 10.2. The van der Waals surface area contributed by atoms with Gasteiger partial charge in [0.1, 0.15) is 6.04 Å². The number of aromatic nitrogens is 3. The molecule has 0 fully saturated rings. The number of thiazole rings is 1. The molecular weight excluding hydrogens is 405 g/mol. The van der Waals surface area contributed by atoms with Gasteiger partial charge in [0.25, 0.3) is 5.91 Å². The Kier molecular flexibility index (Phi) is 4.72. The van der Waals surface area contributed by atoms with Crippen molar-refractivity contribution in [3.05, 3.63) is 36.2 Å². The molecule has 0 aliphatic heterocycles. The first-order chi connectivity index (χ1) is 12.4. The average Bonchev–Trinajstić information content (AvgIpc) is 3.18. The van der Waals surface area contributed by atoms with Crippen LogP contribution >= 0.6 is 11.3 Å². The van der Waals surface area contributed by atoms with E-state index < -0.39 is 33.7 Å². The van der Waals surface area contributed by atoms with Crippen LogP contribution < -0.4 is 5.32 Å². The lowest BCUT2D eigenvalue weighted by Gasteiger charge is -2.11. The highest BCUT2D eigenvalue weighted by atomic mass is 32.2. The minimum absolute atomic E-state index is 0.126. The van der Waals surface area contributed by atoms with E-state index in [0.717, 1.165) is 34.5 Å². The van der Waals surface area contributed by atoms with Crippen molar-refractivity contribution in [2.75, 3.05) is 11.6 Å². The van der Waals surface area contributed by atoms with Crippen molar-refractivity contribution >= 4 is 42.4 Å². The zero-order valence-electron chi connectivity index (χ0n) is 14.0. The number of fused-ring (bicyclic) bond motifs is 1. The van der Waals surface area contributed by atoms with Crippen LogP contribution in [0.4, 0.5) is 18.3 Å². The third kappa shape index (κ3) is 4.11. The summed E-state index contributed by atoms with van der Waals surface area (Å²) >= 11 is 1.06. The fraction of sp³-hybridized carbons (Fsp3) is 0.267. The van der Waals surface area contributed by atoms with Crippen molar-refractivity contribution in [2.45, 2.75) is 24.0 Å². The van der Waals surface area contributed by atoms with Crippen molar-refractivity contribution < 1.29 is 26.4 Å². The van der Waals surface area contributed by atoms with Gasteiger partial charge in [-0.25, -0.2) is 13.4 Å². The molecule has 0 bridgehead atoms. The smallest absolute Gasteiger partial charge is 0.300 e. The Morgan fingerprint density at radius 2 is 2.00 bits per heavy atom. The van der Waals surface area contributed by atoms with Crippen molar-refractivity contribution in [2.24, 2.45) is 0 Å². The van der Waals surface area contributed by atoms with Crippen LogP contribution in [0.15, 0.2) is 35.4 Å². The van der Waals surface area contributed by atoms with Crippen molar-refractivity contribution in [3.63, 3.8) is 0 Å². The van der Waals surface area contributed by atoms with Crippen LogP contribution in [0.5, 0.6) is 0 Å². The molecule has 1 atom stereocenters. The van der Waals surface area contributed by atoms with Gasteiger partial charge in [-0.05, 0) is 31.2 Å². The summed E-state index contributed by atoms with van der Waals surface area (Å²) in [7, 11) is -3.38. The van der Waals surface area contributed by atoms with Crippen LogP contribution in [0.1, 0.15) is 18.7 Å². The Morgan fingerprint density at radius 1 is 1.30 bits per heavy atom. The molecule has 27 heavy (non-hydrogen) atoms. The van der Waals surface area contributed by atoms with Crippen LogP contribution in [0, 0.1) is 0 Å². The molecule has 0 saturated heterocycles. The fourth-order valence-corrected chi connectivity index (χ4v) is 3.85. The predicted molar refractivity (Wildman–Crippen MR) is 93.3 cm³/mol. The first-order valence-electron chi connectivity index (χ1n) is 7.49. The highest BCUT2D eigenvalue weighted by molar-refractivity contribution is 7.90. The number of sulfone groups is 1. The first kappa shape index (κ1) is 19.3. The lowest BCUT2D eigenvalue weighted by atomic mass is 10.3. The van der Waals surface area contributed by atoms with E-state index in [4.69, 9.17) is 0 Å². The Morgan fingerprint density at radius 3 is 2.59 bits per heavy atom. The molecule has 0 spiro atoms. The highest BCUT2D eigenvalue weighted by Crippen LogP contribution is 2.30. The van der Waals surface area contributed by atoms with E-state index in [1.807, 2.05) is 0 Å². The quantitative estimate of drug-likeness (QED) is 0.703. The molecule has 1 unspecified atom stereocenters. The third-order valence-corrected chi connectivity index (χ3v) is 5.74. The molecule has 0 aliphatic rings. The zero-order valence-corrected chi connectivity index (χ0v) is 15.6. The number of carbonyl (C=O) groups is 1. The Bertz CT molecular complexity index is 1120. The summed E-state index contributed by atoms with van der Waals surface area (Å²) in [6.45, 7) is 1.40. The minimum Gasteiger partial charge on any atom is -0.300 e. The number of benzene rings is 1. The molecule has 1 amide bonds. The maximum Gasteiger partial charge on any atom is 0.435 e. The highest BCUT2D eigenvalue weighted by Gasteiger charge is 2.34. The fourth-order valence-electron chi connectivity index (χ4n) is 2.22. The number of hydrogen-bond acceptors (Lipinski definition) is 6. The number of nitrogens with zero attached hydrogens (tertiary/aromatic N) is 3. The molecule has 12 heteroatoms. The Balaban J connectivity index is 1.80. The summed E-state index contributed by atoms with van der Waals surface area (Å²) < 4.78 is 62.5. The van der Waals surface area contributed by atoms with Crippen LogP contribution in [0.3, 0.4) is 0 Å². The monoisotopic (exact) mass is 418 g/mol. The second-order valence-corrected chi connectivity index (χ2v) is 8.81. The van der Waals surface area contributed by atoms with Gasteiger partial charge >= 0.3 is 6.18 Å². The van der Waals surface area contributed by atoms with Crippen LogP contribution in [0.25, 0.3) is 10.2 Å². The lowest BCUT2D eigenvalue weighted by Crippen LogP contribution is -2.24. The van der Waals surface area contributed by atoms with Gasteiger partial charge in [0, 0.05) is 12.5 Å². The van der Waals surface area contributed by atoms with Gasteiger partial charge in [-0.1, -0.05) is 11.3 Å². The van der Waals surface area contributed by atoms with E-state index in [1.54, 1.807) is 0 Å². The van der Waals surface area contributed by atoms with Gasteiger partial charge in [0.05, 0.1) is 15.1 Å². The predicted octanol–water partition coefficient (Wildman–Crippen LogP) is 3.11. The number of alkyl halides is 3. The largest absolute Gasteiger partial charge is 0.435 e. The standard InChI is InChI=1S/C15H13F3N4O3S2/c1-8(22-6-5-12(21-22)15(16,17)18)13(23)20-14-19-10-4-3-9(27(2,24)25)7-11(10)26-14/h3-8H,1-2H3,(H,19,20,23). The summed E-state index contributed by atoms with van der Waals surface area (Å²) in [5, 5.41) is 6.09. The van der Waals surface area contributed by atoms with Gasteiger partial charge < -0.3 is 5.32 Å². The normalized spacial score (nSPS) is 13.7.